The fraction of sp³-hybridized carbons (Fsp3) is 0.100. The first-order valence-corrected chi connectivity index (χ1v) is 8.61. The van der Waals surface area contributed by atoms with E-state index in [1.165, 1.54) is 25.3 Å². The highest BCUT2D eigenvalue weighted by Gasteiger charge is 2.37. The van der Waals surface area contributed by atoms with Crippen molar-refractivity contribution in [3.63, 3.8) is 0 Å². The summed E-state index contributed by atoms with van der Waals surface area (Å²) in [5, 5.41) is 11.1. The Morgan fingerprint density at radius 1 is 1.06 bits per heavy atom. The maximum absolute atomic E-state index is 14.8. The molecule has 1 amide bonds. The summed E-state index contributed by atoms with van der Waals surface area (Å²) in [6.45, 7) is 1.47. The van der Waals surface area contributed by atoms with Gasteiger partial charge in [-0.15, -0.1) is 0 Å². The average molecular weight is 439 g/mol. The SMILES string of the molecule is Cc1cc(F)ccc1Oc1ccc(C(F)(F)F)c(F)c1C(=O)Nc1ccnc(NO)c1. The zero-order chi connectivity index (χ0) is 22.8. The van der Waals surface area contributed by atoms with Crippen molar-refractivity contribution >= 4 is 17.4 Å². The summed E-state index contributed by atoms with van der Waals surface area (Å²) in [5.74, 6) is -4.21. The van der Waals surface area contributed by atoms with Crippen LogP contribution in [0.3, 0.4) is 0 Å². The van der Waals surface area contributed by atoms with Gasteiger partial charge in [-0.25, -0.2) is 13.8 Å². The van der Waals surface area contributed by atoms with E-state index in [2.05, 4.69) is 10.3 Å². The van der Waals surface area contributed by atoms with Crippen molar-refractivity contribution in [2.45, 2.75) is 13.1 Å². The molecule has 0 fully saturated rings. The summed E-state index contributed by atoms with van der Waals surface area (Å²) in [6.07, 6.45) is -3.87. The predicted octanol–water partition coefficient (Wildman–Crippen LogP) is 5.53. The Hall–Kier alpha value is -3.73. The Kier molecular flexibility index (Phi) is 6.07. The summed E-state index contributed by atoms with van der Waals surface area (Å²) in [6, 6.07) is 7.03. The number of hydrogen-bond donors (Lipinski definition) is 3. The summed E-state index contributed by atoms with van der Waals surface area (Å²) < 4.78 is 73.1. The molecule has 1 aromatic heterocycles. The molecule has 3 N–H and O–H groups in total. The molecule has 2 aromatic carbocycles. The number of aryl methyl sites for hydroxylation is 1. The first-order valence-electron chi connectivity index (χ1n) is 8.61. The zero-order valence-electron chi connectivity index (χ0n) is 15.7. The molecule has 0 aliphatic heterocycles. The molecule has 3 aromatic rings. The van der Waals surface area contributed by atoms with E-state index in [0.29, 0.717) is 6.07 Å². The molecule has 0 bridgehead atoms. The summed E-state index contributed by atoms with van der Waals surface area (Å²) in [4.78, 5) is 16.4. The number of carbonyl (C=O) groups is 1. The third-order valence-corrected chi connectivity index (χ3v) is 4.13. The fourth-order valence-electron chi connectivity index (χ4n) is 2.68. The van der Waals surface area contributed by atoms with Crippen LogP contribution >= 0.6 is 0 Å². The molecule has 31 heavy (non-hydrogen) atoms. The highest BCUT2D eigenvalue weighted by molar-refractivity contribution is 6.06. The van der Waals surface area contributed by atoms with Crippen molar-refractivity contribution in [1.82, 2.24) is 4.98 Å². The average Bonchev–Trinajstić information content (AvgIpc) is 2.69. The minimum absolute atomic E-state index is 0.0114. The smallest absolute Gasteiger partial charge is 0.419 e. The van der Waals surface area contributed by atoms with Gasteiger partial charge in [-0.05, 0) is 48.9 Å². The molecule has 6 nitrogen and oxygen atoms in total. The van der Waals surface area contributed by atoms with Gasteiger partial charge in [-0.2, -0.15) is 13.2 Å². The molecule has 0 aliphatic carbocycles. The van der Waals surface area contributed by atoms with Crippen molar-refractivity contribution < 1.29 is 36.7 Å². The fourth-order valence-corrected chi connectivity index (χ4v) is 2.68. The number of pyridine rings is 1. The van der Waals surface area contributed by atoms with Crippen LogP contribution in [0.4, 0.5) is 33.5 Å². The van der Waals surface area contributed by atoms with Gasteiger partial charge in [0, 0.05) is 18.0 Å². The third-order valence-electron chi connectivity index (χ3n) is 4.13. The number of nitrogens with one attached hydrogen (secondary N) is 2. The molecule has 3 rings (SSSR count). The maximum atomic E-state index is 14.8. The van der Waals surface area contributed by atoms with Crippen LogP contribution in [0.2, 0.25) is 0 Å². The van der Waals surface area contributed by atoms with Gasteiger partial charge in [0.1, 0.15) is 22.9 Å². The van der Waals surface area contributed by atoms with Gasteiger partial charge in [0.05, 0.1) is 5.56 Å². The zero-order valence-corrected chi connectivity index (χ0v) is 15.7. The van der Waals surface area contributed by atoms with Gasteiger partial charge in [-0.1, -0.05) is 0 Å². The van der Waals surface area contributed by atoms with Crippen molar-refractivity contribution in [3.8, 4) is 11.5 Å². The van der Waals surface area contributed by atoms with E-state index >= 15 is 0 Å². The number of nitrogens with zero attached hydrogens (tertiary/aromatic N) is 1. The Morgan fingerprint density at radius 2 is 1.77 bits per heavy atom. The van der Waals surface area contributed by atoms with Gasteiger partial charge in [0.25, 0.3) is 5.91 Å². The molecule has 1 heterocycles. The number of benzene rings is 2. The molecule has 0 radical (unpaired) electrons. The Bertz CT molecular complexity index is 1140. The van der Waals surface area contributed by atoms with Gasteiger partial charge >= 0.3 is 6.18 Å². The molecule has 0 unspecified atom stereocenters. The van der Waals surface area contributed by atoms with E-state index in [9.17, 15) is 26.7 Å². The summed E-state index contributed by atoms with van der Waals surface area (Å²) in [5.41, 5.74) is -0.641. The van der Waals surface area contributed by atoms with Gasteiger partial charge in [0.15, 0.2) is 11.6 Å². The predicted molar refractivity (Wildman–Crippen MR) is 100 cm³/mol. The van der Waals surface area contributed by atoms with Crippen LogP contribution in [-0.2, 0) is 6.18 Å². The number of amides is 1. The molecular weight excluding hydrogens is 425 g/mol. The van der Waals surface area contributed by atoms with Crippen LogP contribution in [0.5, 0.6) is 11.5 Å². The number of anilines is 2. The normalized spacial score (nSPS) is 11.2. The number of halogens is 5. The minimum Gasteiger partial charge on any atom is -0.456 e. The van der Waals surface area contributed by atoms with E-state index in [0.717, 1.165) is 24.3 Å². The standard InChI is InChI=1S/C20H14F5N3O3/c1-10-8-11(21)2-4-14(10)31-15-5-3-13(20(23,24)25)18(22)17(15)19(29)27-12-6-7-26-16(9-12)28-30/h2-9,30H,1H3,(H2,26,27,28,29). The lowest BCUT2D eigenvalue weighted by Crippen LogP contribution is -2.19. The van der Waals surface area contributed by atoms with Crippen LogP contribution in [-0.4, -0.2) is 16.1 Å². The molecule has 11 heteroatoms. The number of rotatable bonds is 5. The lowest BCUT2D eigenvalue weighted by atomic mass is 10.1. The molecule has 0 atom stereocenters. The summed E-state index contributed by atoms with van der Waals surface area (Å²) in [7, 11) is 0. The second-order valence-corrected chi connectivity index (χ2v) is 6.31. The Morgan fingerprint density at radius 3 is 2.42 bits per heavy atom. The van der Waals surface area contributed by atoms with Gasteiger partial charge < -0.3 is 10.1 Å². The van der Waals surface area contributed by atoms with Crippen molar-refractivity contribution in [2.24, 2.45) is 0 Å². The number of hydrogen-bond acceptors (Lipinski definition) is 5. The van der Waals surface area contributed by atoms with E-state index < -0.39 is 40.6 Å². The van der Waals surface area contributed by atoms with E-state index in [-0.39, 0.29) is 22.8 Å². The van der Waals surface area contributed by atoms with Gasteiger partial charge in [-0.3, -0.25) is 15.5 Å². The second kappa shape index (κ2) is 8.56. The molecule has 0 aliphatic rings. The molecule has 0 saturated carbocycles. The highest BCUT2D eigenvalue weighted by atomic mass is 19.4. The summed E-state index contributed by atoms with van der Waals surface area (Å²) >= 11 is 0. The van der Waals surface area contributed by atoms with E-state index in [1.54, 1.807) is 5.48 Å². The van der Waals surface area contributed by atoms with Gasteiger partial charge in [0.2, 0.25) is 0 Å². The quantitative estimate of drug-likeness (QED) is 0.360. The third kappa shape index (κ3) is 4.89. The lowest BCUT2D eigenvalue weighted by molar-refractivity contribution is -0.140. The molecule has 162 valence electrons. The van der Waals surface area contributed by atoms with Crippen LogP contribution in [0.25, 0.3) is 0 Å². The monoisotopic (exact) mass is 439 g/mol. The number of carbonyl (C=O) groups excluding carboxylic acids is 1. The van der Waals surface area contributed by atoms with E-state index in [4.69, 9.17) is 9.94 Å². The molecular formula is C20H14F5N3O3. The van der Waals surface area contributed by atoms with Crippen LogP contribution in [0.1, 0.15) is 21.5 Å². The first kappa shape index (κ1) is 22.0. The van der Waals surface area contributed by atoms with Crippen molar-refractivity contribution in [1.29, 1.82) is 0 Å². The number of aromatic nitrogens is 1. The van der Waals surface area contributed by atoms with Crippen molar-refractivity contribution in [3.05, 3.63) is 77.0 Å². The minimum atomic E-state index is -5.06. The van der Waals surface area contributed by atoms with E-state index in [1.807, 2.05) is 0 Å². The van der Waals surface area contributed by atoms with Crippen molar-refractivity contribution in [2.75, 3.05) is 10.8 Å². The topological polar surface area (TPSA) is 83.5 Å². The van der Waals surface area contributed by atoms with Crippen LogP contribution in [0.15, 0.2) is 48.7 Å². The maximum Gasteiger partial charge on any atom is 0.419 e. The molecule has 0 saturated heterocycles. The lowest BCUT2D eigenvalue weighted by Gasteiger charge is -2.17. The first-order chi connectivity index (χ1) is 14.6. The van der Waals surface area contributed by atoms with Crippen LogP contribution in [0, 0.1) is 18.6 Å². The Labute approximate surface area is 172 Å². The van der Waals surface area contributed by atoms with Crippen LogP contribution < -0.4 is 15.5 Å². The molecule has 0 spiro atoms. The highest BCUT2D eigenvalue weighted by Crippen LogP contribution is 2.38. The Balaban J connectivity index is 2.06. The number of alkyl halides is 3. The number of ether oxygens (including phenoxy) is 1. The largest absolute Gasteiger partial charge is 0.456 e. The second-order valence-electron chi connectivity index (χ2n) is 6.31.